The van der Waals surface area contributed by atoms with E-state index in [0.717, 1.165) is 0 Å². The third kappa shape index (κ3) is 2.30. The van der Waals surface area contributed by atoms with Gasteiger partial charge < -0.3 is 5.32 Å². The summed E-state index contributed by atoms with van der Waals surface area (Å²) in [6.45, 7) is 3.62. The zero-order valence-corrected chi connectivity index (χ0v) is 8.05. The van der Waals surface area contributed by atoms with Gasteiger partial charge in [-0.2, -0.15) is 24.9 Å². The first-order chi connectivity index (χ1) is 5.73. The van der Waals surface area contributed by atoms with Crippen molar-refractivity contribution in [2.24, 2.45) is 0 Å². The van der Waals surface area contributed by atoms with Gasteiger partial charge in [0, 0.05) is 10.5 Å². The first-order valence-electron chi connectivity index (χ1n) is 3.75. The van der Waals surface area contributed by atoms with Crippen molar-refractivity contribution in [3.05, 3.63) is 0 Å². The average molecular weight is 213 g/mol. The van der Waals surface area contributed by atoms with Crippen LogP contribution in [0.3, 0.4) is 0 Å². The summed E-state index contributed by atoms with van der Waals surface area (Å²) in [5, 5.41) is 1.96. The summed E-state index contributed by atoms with van der Waals surface area (Å²) in [6, 6.07) is -0.369. The Balaban J connectivity index is 2.47. The van der Waals surface area contributed by atoms with Crippen molar-refractivity contribution in [1.29, 1.82) is 0 Å². The Morgan fingerprint density at radius 2 is 2.08 bits per heavy atom. The second-order valence-corrected chi connectivity index (χ2v) is 5.11. The molecule has 2 nitrogen and oxygen atoms in total. The predicted molar refractivity (Wildman–Crippen MR) is 44.5 cm³/mol. The lowest BCUT2D eigenvalue weighted by molar-refractivity contribution is -0.174. The number of alkyl halides is 3. The molecule has 1 fully saturated rings. The van der Waals surface area contributed by atoms with Crippen LogP contribution in [0.5, 0.6) is 0 Å². The molecule has 1 heterocycles. The molecule has 0 radical (unpaired) electrons. The van der Waals surface area contributed by atoms with Crippen molar-refractivity contribution in [2.45, 2.75) is 30.8 Å². The van der Waals surface area contributed by atoms with Gasteiger partial charge in [-0.25, -0.2) is 0 Å². The van der Waals surface area contributed by atoms with Crippen LogP contribution < -0.4 is 5.32 Å². The lowest BCUT2D eigenvalue weighted by Gasteiger charge is -2.43. The minimum Gasteiger partial charge on any atom is -0.343 e. The van der Waals surface area contributed by atoms with Gasteiger partial charge in [-0.05, 0) is 13.8 Å². The number of carbonyl (C=O) groups is 1. The van der Waals surface area contributed by atoms with E-state index in [1.54, 1.807) is 11.8 Å². The topological polar surface area (TPSA) is 29.1 Å². The third-order valence-corrected chi connectivity index (χ3v) is 3.55. The van der Waals surface area contributed by atoms with E-state index in [1.807, 2.05) is 19.2 Å². The third-order valence-electron chi connectivity index (χ3n) is 2.02. The molecular formula is C7H10F3NOS. The first-order valence-corrected chi connectivity index (χ1v) is 4.74. The number of halogens is 3. The minimum absolute atomic E-state index is 0.277. The van der Waals surface area contributed by atoms with Crippen LogP contribution in [0, 0.1) is 0 Å². The van der Waals surface area contributed by atoms with Gasteiger partial charge in [0.1, 0.15) is 0 Å². The molecule has 1 rings (SSSR count). The van der Waals surface area contributed by atoms with Crippen LogP contribution in [0.25, 0.3) is 0 Å². The summed E-state index contributed by atoms with van der Waals surface area (Å²) in [5.74, 6) is -1.29. The van der Waals surface area contributed by atoms with E-state index >= 15 is 0 Å². The molecule has 13 heavy (non-hydrogen) atoms. The summed E-state index contributed by atoms with van der Waals surface area (Å²) < 4.78 is 35.1. The number of hydrogen-bond donors (Lipinski definition) is 1. The molecule has 1 amide bonds. The van der Waals surface area contributed by atoms with E-state index < -0.39 is 12.1 Å². The summed E-state index contributed by atoms with van der Waals surface area (Å²) in [7, 11) is 0. The van der Waals surface area contributed by atoms with E-state index in [9.17, 15) is 18.0 Å². The van der Waals surface area contributed by atoms with Crippen molar-refractivity contribution >= 4 is 17.7 Å². The summed E-state index contributed by atoms with van der Waals surface area (Å²) >= 11 is 1.54. The summed E-state index contributed by atoms with van der Waals surface area (Å²) in [4.78, 5) is 10.5. The van der Waals surface area contributed by atoms with Crippen LogP contribution in [-0.2, 0) is 4.79 Å². The van der Waals surface area contributed by atoms with Gasteiger partial charge >= 0.3 is 12.1 Å². The first kappa shape index (κ1) is 10.7. The van der Waals surface area contributed by atoms with Gasteiger partial charge in [-0.3, -0.25) is 4.79 Å². The predicted octanol–water partition coefficient (Wildman–Crippen LogP) is 1.56. The number of carbonyl (C=O) groups excluding carboxylic acids is 1. The van der Waals surface area contributed by atoms with Crippen molar-refractivity contribution in [1.82, 2.24) is 5.32 Å². The smallest absolute Gasteiger partial charge is 0.343 e. The van der Waals surface area contributed by atoms with Crippen LogP contribution >= 0.6 is 11.8 Å². The Morgan fingerprint density at radius 3 is 2.31 bits per heavy atom. The molecule has 6 heteroatoms. The lowest BCUT2D eigenvalue weighted by atomic mass is 10.0. The van der Waals surface area contributed by atoms with Gasteiger partial charge in [-0.1, -0.05) is 0 Å². The molecule has 0 aliphatic carbocycles. The van der Waals surface area contributed by atoms with Crippen LogP contribution in [0.4, 0.5) is 13.2 Å². The van der Waals surface area contributed by atoms with Crippen LogP contribution in [0.1, 0.15) is 13.8 Å². The van der Waals surface area contributed by atoms with Crippen LogP contribution in [0.2, 0.25) is 0 Å². The Hall–Kier alpha value is -0.390. The van der Waals surface area contributed by atoms with Gasteiger partial charge in [0.05, 0.1) is 6.04 Å². The molecule has 0 aromatic heterocycles. The molecule has 0 spiro atoms. The largest absolute Gasteiger partial charge is 0.471 e. The average Bonchev–Trinajstić information content (AvgIpc) is 1.96. The highest BCUT2D eigenvalue weighted by molar-refractivity contribution is 8.02. The molecule has 1 atom stereocenters. The molecule has 0 aromatic rings. The maximum atomic E-state index is 11.8. The Labute approximate surface area is 78.3 Å². The van der Waals surface area contributed by atoms with E-state index in [-0.39, 0.29) is 10.8 Å². The zero-order valence-electron chi connectivity index (χ0n) is 7.23. The van der Waals surface area contributed by atoms with Crippen LogP contribution in [-0.4, -0.2) is 28.6 Å². The van der Waals surface area contributed by atoms with Crippen molar-refractivity contribution in [2.75, 3.05) is 5.75 Å². The fourth-order valence-electron chi connectivity index (χ4n) is 0.956. The lowest BCUT2D eigenvalue weighted by Crippen LogP contribution is -2.58. The molecule has 1 aliphatic heterocycles. The number of amides is 1. The normalized spacial score (nSPS) is 26.4. The summed E-state index contributed by atoms with van der Waals surface area (Å²) in [5.41, 5.74) is 0. The van der Waals surface area contributed by atoms with Crippen molar-refractivity contribution in [3.8, 4) is 0 Å². The quantitative estimate of drug-likeness (QED) is 0.716. The highest BCUT2D eigenvalue weighted by atomic mass is 32.2. The highest BCUT2D eigenvalue weighted by Gasteiger charge is 2.46. The fourth-order valence-corrected chi connectivity index (χ4v) is 2.10. The number of nitrogens with one attached hydrogen (secondary N) is 1. The van der Waals surface area contributed by atoms with Gasteiger partial charge in [0.25, 0.3) is 0 Å². The minimum atomic E-state index is -4.77. The van der Waals surface area contributed by atoms with Gasteiger partial charge in [-0.15, -0.1) is 0 Å². The zero-order chi connectivity index (χ0) is 10.3. The standard InChI is InChI=1S/C7H10F3NOS/c1-6(2)4(3-13-6)11-5(12)7(8,9)10/h4H,3H2,1-2H3,(H,11,12). The Bertz CT molecular complexity index is 226. The maximum Gasteiger partial charge on any atom is 0.471 e. The van der Waals surface area contributed by atoms with E-state index in [2.05, 4.69) is 0 Å². The monoisotopic (exact) mass is 213 g/mol. The Morgan fingerprint density at radius 1 is 1.54 bits per heavy atom. The molecule has 0 saturated carbocycles. The van der Waals surface area contributed by atoms with Gasteiger partial charge in [0.15, 0.2) is 0 Å². The molecular weight excluding hydrogens is 203 g/mol. The summed E-state index contributed by atoms with van der Waals surface area (Å²) in [6.07, 6.45) is -4.77. The fraction of sp³-hybridized carbons (Fsp3) is 0.857. The SMILES string of the molecule is CC1(C)SCC1NC(=O)C(F)(F)F. The molecule has 0 bridgehead atoms. The van der Waals surface area contributed by atoms with Crippen molar-refractivity contribution in [3.63, 3.8) is 0 Å². The molecule has 1 aliphatic rings. The highest BCUT2D eigenvalue weighted by Crippen LogP contribution is 2.40. The van der Waals surface area contributed by atoms with E-state index in [1.165, 1.54) is 0 Å². The van der Waals surface area contributed by atoms with Crippen molar-refractivity contribution < 1.29 is 18.0 Å². The Kier molecular flexibility index (Phi) is 2.53. The molecule has 76 valence electrons. The van der Waals surface area contributed by atoms with E-state index in [4.69, 9.17) is 0 Å². The van der Waals surface area contributed by atoms with Crippen LogP contribution in [0.15, 0.2) is 0 Å². The molecule has 1 saturated heterocycles. The number of hydrogen-bond acceptors (Lipinski definition) is 2. The molecule has 0 aromatic carbocycles. The second-order valence-electron chi connectivity index (χ2n) is 3.44. The number of rotatable bonds is 1. The second kappa shape index (κ2) is 3.08. The number of thioether (sulfide) groups is 1. The maximum absolute atomic E-state index is 11.8. The molecule has 1 N–H and O–H groups in total. The molecule has 1 unspecified atom stereocenters. The van der Waals surface area contributed by atoms with E-state index in [0.29, 0.717) is 5.75 Å². The van der Waals surface area contributed by atoms with Gasteiger partial charge in [0.2, 0.25) is 0 Å².